The predicted octanol–water partition coefficient (Wildman–Crippen LogP) is 3.28. The van der Waals surface area contributed by atoms with Crippen LogP contribution in [0.5, 0.6) is 0 Å². The first kappa shape index (κ1) is 14.9. The SMILES string of the molecule is COC(=O)C(CC1=C(C)CCCC1(C)C)C(C)=O. The van der Waals surface area contributed by atoms with Crippen LogP contribution in [0.3, 0.4) is 0 Å². The minimum atomic E-state index is -0.641. The summed E-state index contributed by atoms with van der Waals surface area (Å²) in [7, 11) is 1.34. The summed E-state index contributed by atoms with van der Waals surface area (Å²) in [5.74, 6) is -1.16. The van der Waals surface area contributed by atoms with Crippen LogP contribution in [-0.2, 0) is 14.3 Å². The van der Waals surface area contributed by atoms with E-state index < -0.39 is 11.9 Å². The molecule has 0 aromatic rings. The summed E-state index contributed by atoms with van der Waals surface area (Å²) in [5.41, 5.74) is 2.69. The average molecular weight is 252 g/mol. The Bertz CT molecular complexity index is 377. The van der Waals surface area contributed by atoms with Crippen LogP contribution in [0.15, 0.2) is 11.1 Å². The molecule has 1 aliphatic rings. The van der Waals surface area contributed by atoms with Gasteiger partial charge in [-0.25, -0.2) is 0 Å². The normalized spacial score (nSPS) is 20.5. The van der Waals surface area contributed by atoms with Gasteiger partial charge in [0, 0.05) is 0 Å². The van der Waals surface area contributed by atoms with E-state index >= 15 is 0 Å². The van der Waals surface area contributed by atoms with E-state index in [4.69, 9.17) is 4.74 Å². The van der Waals surface area contributed by atoms with Gasteiger partial charge in [-0.1, -0.05) is 25.0 Å². The summed E-state index contributed by atoms with van der Waals surface area (Å²) in [6, 6.07) is 0. The second-order valence-corrected chi connectivity index (χ2v) is 5.89. The van der Waals surface area contributed by atoms with E-state index in [2.05, 4.69) is 20.8 Å². The number of methoxy groups -OCH3 is 1. The van der Waals surface area contributed by atoms with Gasteiger partial charge < -0.3 is 4.74 Å². The molecule has 0 spiro atoms. The molecule has 0 aromatic carbocycles. The van der Waals surface area contributed by atoms with Crippen molar-refractivity contribution >= 4 is 11.8 Å². The second-order valence-electron chi connectivity index (χ2n) is 5.89. The predicted molar refractivity (Wildman–Crippen MR) is 71.1 cm³/mol. The van der Waals surface area contributed by atoms with Gasteiger partial charge in [0.25, 0.3) is 0 Å². The molecule has 0 aliphatic heterocycles. The zero-order chi connectivity index (χ0) is 13.9. The molecule has 1 aliphatic carbocycles. The lowest BCUT2D eigenvalue weighted by molar-refractivity contribution is -0.148. The minimum absolute atomic E-state index is 0.0874. The van der Waals surface area contributed by atoms with E-state index in [0.29, 0.717) is 6.42 Å². The lowest BCUT2D eigenvalue weighted by Gasteiger charge is -2.35. The number of allylic oxidation sites excluding steroid dienone is 2. The van der Waals surface area contributed by atoms with Crippen molar-refractivity contribution < 1.29 is 14.3 Å². The Hall–Kier alpha value is -1.12. The first-order valence-electron chi connectivity index (χ1n) is 6.57. The minimum Gasteiger partial charge on any atom is -0.468 e. The molecule has 0 N–H and O–H groups in total. The first-order chi connectivity index (χ1) is 8.29. The van der Waals surface area contributed by atoms with Crippen LogP contribution in [0.25, 0.3) is 0 Å². The summed E-state index contributed by atoms with van der Waals surface area (Å²) in [4.78, 5) is 23.3. The molecule has 0 radical (unpaired) electrons. The lowest BCUT2D eigenvalue weighted by atomic mass is 9.69. The quantitative estimate of drug-likeness (QED) is 0.438. The molecule has 0 saturated heterocycles. The smallest absolute Gasteiger partial charge is 0.316 e. The molecule has 0 bridgehead atoms. The van der Waals surface area contributed by atoms with Crippen LogP contribution in [-0.4, -0.2) is 18.9 Å². The maximum atomic E-state index is 11.7. The van der Waals surface area contributed by atoms with Crippen molar-refractivity contribution in [3.05, 3.63) is 11.1 Å². The van der Waals surface area contributed by atoms with Crippen LogP contribution >= 0.6 is 0 Å². The molecule has 0 fully saturated rings. The monoisotopic (exact) mass is 252 g/mol. The van der Waals surface area contributed by atoms with Crippen LogP contribution in [0.4, 0.5) is 0 Å². The zero-order valence-corrected chi connectivity index (χ0v) is 12.1. The summed E-state index contributed by atoms with van der Waals surface area (Å²) in [5, 5.41) is 0. The van der Waals surface area contributed by atoms with Crippen molar-refractivity contribution in [2.24, 2.45) is 11.3 Å². The van der Waals surface area contributed by atoms with E-state index in [1.807, 2.05) is 0 Å². The Labute approximate surface area is 110 Å². The van der Waals surface area contributed by atoms with E-state index in [9.17, 15) is 9.59 Å². The Kier molecular flexibility index (Phi) is 4.71. The fourth-order valence-corrected chi connectivity index (χ4v) is 2.86. The largest absolute Gasteiger partial charge is 0.468 e. The number of carbonyl (C=O) groups is 2. The highest BCUT2D eigenvalue weighted by atomic mass is 16.5. The number of Topliss-reactive ketones (excluding diaryl/α,β-unsaturated/α-hetero) is 1. The molecule has 0 aromatic heterocycles. The van der Waals surface area contributed by atoms with Crippen molar-refractivity contribution in [2.75, 3.05) is 7.11 Å². The van der Waals surface area contributed by atoms with Crippen molar-refractivity contribution in [3.8, 4) is 0 Å². The standard InChI is InChI=1S/C15H24O3/c1-10-7-6-8-15(3,4)13(10)9-12(11(2)16)14(17)18-5/h12H,6-9H2,1-5H3. The van der Waals surface area contributed by atoms with Gasteiger partial charge in [0.15, 0.2) is 0 Å². The first-order valence-corrected chi connectivity index (χ1v) is 6.57. The molecule has 3 heteroatoms. The maximum absolute atomic E-state index is 11.7. The van der Waals surface area contributed by atoms with Gasteiger partial charge in [-0.15, -0.1) is 0 Å². The number of hydrogen-bond donors (Lipinski definition) is 0. The summed E-state index contributed by atoms with van der Waals surface area (Å²) >= 11 is 0. The Morgan fingerprint density at radius 3 is 2.44 bits per heavy atom. The highest BCUT2D eigenvalue weighted by Gasteiger charge is 2.34. The van der Waals surface area contributed by atoms with Crippen molar-refractivity contribution in [1.82, 2.24) is 0 Å². The molecule has 0 heterocycles. The zero-order valence-electron chi connectivity index (χ0n) is 12.1. The average Bonchev–Trinajstić information content (AvgIpc) is 2.26. The molecule has 1 rings (SSSR count). The van der Waals surface area contributed by atoms with Crippen molar-refractivity contribution in [1.29, 1.82) is 0 Å². The van der Waals surface area contributed by atoms with Gasteiger partial charge in [-0.3, -0.25) is 9.59 Å². The third kappa shape index (κ3) is 3.21. The number of rotatable bonds is 4. The fourth-order valence-electron chi connectivity index (χ4n) is 2.86. The van der Waals surface area contributed by atoms with Crippen LogP contribution in [0.1, 0.15) is 53.4 Å². The molecule has 0 amide bonds. The number of ether oxygens (including phenoxy) is 1. The molecule has 3 nitrogen and oxygen atoms in total. The third-order valence-corrected chi connectivity index (χ3v) is 4.07. The van der Waals surface area contributed by atoms with Crippen molar-refractivity contribution in [2.45, 2.75) is 53.4 Å². The number of hydrogen-bond acceptors (Lipinski definition) is 3. The van der Waals surface area contributed by atoms with E-state index in [1.54, 1.807) is 0 Å². The second kappa shape index (κ2) is 5.68. The number of carbonyl (C=O) groups excluding carboxylic acids is 2. The Balaban J connectivity index is 2.99. The number of ketones is 1. The summed E-state index contributed by atoms with van der Waals surface area (Å²) in [6.45, 7) is 7.97. The van der Waals surface area contributed by atoms with E-state index in [1.165, 1.54) is 31.6 Å². The fraction of sp³-hybridized carbons (Fsp3) is 0.733. The molecule has 1 unspecified atom stereocenters. The highest BCUT2D eigenvalue weighted by Crippen LogP contribution is 2.43. The molecule has 18 heavy (non-hydrogen) atoms. The van der Waals surface area contributed by atoms with Gasteiger partial charge in [0.05, 0.1) is 7.11 Å². The number of esters is 1. The summed E-state index contributed by atoms with van der Waals surface area (Å²) < 4.78 is 4.74. The van der Waals surface area contributed by atoms with Gasteiger partial charge in [0.1, 0.15) is 11.7 Å². The van der Waals surface area contributed by atoms with Crippen molar-refractivity contribution in [3.63, 3.8) is 0 Å². The molecule has 1 atom stereocenters. The van der Waals surface area contributed by atoms with Gasteiger partial charge >= 0.3 is 5.97 Å². The van der Waals surface area contributed by atoms with Crippen LogP contribution in [0, 0.1) is 11.3 Å². The van der Waals surface area contributed by atoms with Crippen LogP contribution < -0.4 is 0 Å². The van der Waals surface area contributed by atoms with E-state index in [-0.39, 0.29) is 11.2 Å². The Morgan fingerprint density at radius 1 is 1.39 bits per heavy atom. The van der Waals surface area contributed by atoms with Crippen LogP contribution in [0.2, 0.25) is 0 Å². The summed E-state index contributed by atoms with van der Waals surface area (Å²) in [6.07, 6.45) is 3.89. The maximum Gasteiger partial charge on any atom is 0.316 e. The van der Waals surface area contributed by atoms with E-state index in [0.717, 1.165) is 12.8 Å². The topological polar surface area (TPSA) is 43.4 Å². The van der Waals surface area contributed by atoms with Gasteiger partial charge in [-0.05, 0) is 44.9 Å². The molecular weight excluding hydrogens is 228 g/mol. The Morgan fingerprint density at radius 2 is 2.00 bits per heavy atom. The van der Waals surface area contributed by atoms with Gasteiger partial charge in [-0.2, -0.15) is 0 Å². The lowest BCUT2D eigenvalue weighted by Crippen LogP contribution is -2.29. The third-order valence-electron chi connectivity index (χ3n) is 4.07. The molecule has 102 valence electrons. The molecule has 0 saturated carbocycles. The highest BCUT2D eigenvalue weighted by molar-refractivity contribution is 5.98. The molecular formula is C15H24O3. The van der Waals surface area contributed by atoms with Gasteiger partial charge in [0.2, 0.25) is 0 Å².